The fourth-order valence-electron chi connectivity index (χ4n) is 5.76. The summed E-state index contributed by atoms with van der Waals surface area (Å²) in [7, 11) is 0. The minimum atomic E-state index is -2.85. The van der Waals surface area contributed by atoms with Gasteiger partial charge in [0, 0.05) is 37.2 Å². The van der Waals surface area contributed by atoms with E-state index in [0.29, 0.717) is 45.4 Å². The van der Waals surface area contributed by atoms with Crippen LogP contribution in [0.15, 0.2) is 33.9 Å². The second-order valence-corrected chi connectivity index (χ2v) is 12.8. The number of carbonyl (C=O) groups excluding carboxylic acids is 2. The Bertz CT molecular complexity index is 1700. The van der Waals surface area contributed by atoms with Crippen LogP contribution in [0.1, 0.15) is 54.5 Å². The summed E-state index contributed by atoms with van der Waals surface area (Å²) in [5.74, 6) is -3.81. The van der Waals surface area contributed by atoms with Crippen LogP contribution in [0.4, 0.5) is 20.2 Å². The summed E-state index contributed by atoms with van der Waals surface area (Å²) in [6.07, 6.45) is -4.09. The normalized spacial score (nSPS) is 20.6. The Balaban J connectivity index is 1.51. The monoisotopic (exact) mass is 798 g/mol. The van der Waals surface area contributed by atoms with Crippen LogP contribution in [0.3, 0.4) is 0 Å². The summed E-state index contributed by atoms with van der Waals surface area (Å²) in [5, 5.41) is 62.4. The first-order chi connectivity index (χ1) is 26.8. The van der Waals surface area contributed by atoms with Gasteiger partial charge >= 0.3 is 5.97 Å². The maximum absolute atomic E-state index is 13.1. The Morgan fingerprint density at radius 3 is 2.32 bits per heavy atom. The summed E-state index contributed by atoms with van der Waals surface area (Å²) in [5.41, 5.74) is -1.54. The number of halogens is 2. The number of benzene rings is 1. The lowest BCUT2D eigenvalue weighted by molar-refractivity contribution is -0.310. The number of alkyl halides is 2. The van der Waals surface area contributed by atoms with Gasteiger partial charge in [0.1, 0.15) is 36.8 Å². The van der Waals surface area contributed by atoms with Crippen molar-refractivity contribution in [2.24, 2.45) is 0 Å². The number of aliphatic hydroxyl groups is 4. The molecule has 1 heterocycles. The molecule has 0 aromatic heterocycles. The molecule has 6 atom stereocenters. The van der Waals surface area contributed by atoms with Crippen LogP contribution >= 0.6 is 0 Å². The van der Waals surface area contributed by atoms with Crippen LogP contribution < -0.4 is 32.1 Å². The van der Waals surface area contributed by atoms with Gasteiger partial charge < -0.3 is 65.7 Å². The molecule has 3 rings (SSSR count). The lowest BCUT2D eigenvalue weighted by Crippen LogP contribution is -2.68. The molecule has 0 unspecified atom stereocenters. The van der Waals surface area contributed by atoms with Crippen molar-refractivity contribution in [3.63, 3.8) is 0 Å². The molecule has 0 bridgehead atoms. The number of hydrogen-bond acceptors (Lipinski definition) is 15. The number of nitrogens with one attached hydrogen (secondary N) is 4. The highest BCUT2D eigenvalue weighted by Gasteiger charge is 2.55. The van der Waals surface area contributed by atoms with Crippen LogP contribution in [-0.4, -0.2) is 139 Å². The fourth-order valence-corrected chi connectivity index (χ4v) is 5.76. The molecule has 310 valence electrons. The number of anilines is 2. The molecule has 1 fully saturated rings. The molecule has 1 saturated heterocycles. The molecule has 2 aromatic carbocycles. The molecular formula is C36H48F2N4O14. The van der Waals surface area contributed by atoms with Gasteiger partial charge in [-0.15, -0.1) is 6.42 Å². The standard InChI is InChI=1S/C36H48F2N4O14/c1-2-12-53-15-16-54-14-11-40-28-27(30(48)31(28)49)39-10-5-3-4-6-13-55-36(35(51)52)18-23(44)26(42-25(46)20-43)32(56-36)29(47)24(45)19-41-34(50)22-9-7-8-21(17-22)33(37)38/h1,7-9,17,23-24,26,29,32-33,39-40,43-45,47H,3-6,10-16,18-20H2,(H,41,50)(H,42,46)(H,51,52)/t23-,24+,26+,29+,32+,36+/m0/s1. The molecule has 0 saturated carbocycles. The summed E-state index contributed by atoms with van der Waals surface area (Å²) in [6.45, 7) is -0.222. The summed E-state index contributed by atoms with van der Waals surface area (Å²) < 4.78 is 47.9. The Labute approximate surface area is 320 Å². The number of ether oxygens (including phenoxy) is 4. The van der Waals surface area contributed by atoms with E-state index >= 15 is 0 Å². The zero-order valence-electron chi connectivity index (χ0n) is 30.4. The van der Waals surface area contributed by atoms with E-state index in [1.807, 2.05) is 0 Å². The van der Waals surface area contributed by atoms with Gasteiger partial charge in [-0.3, -0.25) is 19.2 Å². The molecule has 0 radical (unpaired) electrons. The number of rotatable bonds is 26. The van der Waals surface area contributed by atoms with Crippen molar-refractivity contribution >= 4 is 29.2 Å². The Kier molecular flexibility index (Phi) is 18.7. The van der Waals surface area contributed by atoms with Crippen molar-refractivity contribution in [1.82, 2.24) is 10.6 Å². The van der Waals surface area contributed by atoms with E-state index in [-0.39, 0.29) is 43.3 Å². The third kappa shape index (κ3) is 13.0. The second kappa shape index (κ2) is 22.8. The average molecular weight is 799 g/mol. The molecule has 18 nitrogen and oxygen atoms in total. The Morgan fingerprint density at radius 2 is 1.66 bits per heavy atom. The van der Waals surface area contributed by atoms with E-state index in [1.165, 1.54) is 12.1 Å². The maximum Gasteiger partial charge on any atom is 0.364 e. The van der Waals surface area contributed by atoms with E-state index < -0.39 is 96.4 Å². The number of carbonyl (C=O) groups is 3. The number of carboxylic acid groups (broad SMARTS) is 1. The SMILES string of the molecule is C#CCOCCOCCNc1c(NCCCCCCO[C@]2(C(=O)O)C[C@H](O)[C@@H](NC(=O)CO)[C@H]([C@H](O)[C@H](O)CNC(=O)c3cccc(C(F)F)c3)O2)c(=O)c1=O. The summed E-state index contributed by atoms with van der Waals surface area (Å²) in [6, 6.07) is 2.97. The molecular weight excluding hydrogens is 750 g/mol. The van der Waals surface area contributed by atoms with Gasteiger partial charge in [-0.1, -0.05) is 30.9 Å². The third-order valence-electron chi connectivity index (χ3n) is 8.70. The van der Waals surface area contributed by atoms with Crippen LogP contribution in [0, 0.1) is 12.3 Å². The second-order valence-electron chi connectivity index (χ2n) is 12.8. The van der Waals surface area contributed by atoms with E-state index in [9.17, 15) is 58.3 Å². The molecule has 1 aliphatic heterocycles. The topological polar surface area (TPSA) is 272 Å². The van der Waals surface area contributed by atoms with Crippen molar-refractivity contribution in [1.29, 1.82) is 0 Å². The molecule has 0 spiro atoms. The first kappa shape index (κ1) is 45.8. The predicted molar refractivity (Wildman–Crippen MR) is 194 cm³/mol. The van der Waals surface area contributed by atoms with Crippen LogP contribution in [0.5, 0.6) is 0 Å². The number of amides is 2. The summed E-state index contributed by atoms with van der Waals surface area (Å²) >= 11 is 0. The van der Waals surface area contributed by atoms with Crippen molar-refractivity contribution in [3.8, 4) is 12.3 Å². The number of aliphatic hydroxyl groups excluding tert-OH is 4. The smallest absolute Gasteiger partial charge is 0.364 e. The first-order valence-electron chi connectivity index (χ1n) is 17.8. The number of unbranched alkanes of at least 4 members (excludes halogenated alkanes) is 3. The van der Waals surface area contributed by atoms with Gasteiger partial charge in [-0.2, -0.15) is 0 Å². The Morgan fingerprint density at radius 1 is 0.982 bits per heavy atom. The highest BCUT2D eigenvalue weighted by molar-refractivity contribution is 5.94. The quantitative estimate of drug-likeness (QED) is 0.0309. The van der Waals surface area contributed by atoms with Crippen molar-refractivity contribution < 1.29 is 67.6 Å². The maximum atomic E-state index is 13.1. The van der Waals surface area contributed by atoms with Gasteiger partial charge in [0.15, 0.2) is 0 Å². The van der Waals surface area contributed by atoms with Crippen molar-refractivity contribution in [2.75, 3.05) is 69.9 Å². The number of hydrogen-bond donors (Lipinski definition) is 9. The number of terminal acetylenes is 1. The zero-order chi connectivity index (χ0) is 41.3. The van der Waals surface area contributed by atoms with Gasteiger partial charge in [0.05, 0.1) is 44.7 Å². The lowest BCUT2D eigenvalue weighted by Gasteiger charge is -2.46. The van der Waals surface area contributed by atoms with Crippen molar-refractivity contribution in [2.45, 2.75) is 74.8 Å². The molecule has 0 aliphatic carbocycles. The minimum Gasteiger partial charge on any atom is -0.477 e. The van der Waals surface area contributed by atoms with E-state index in [2.05, 4.69) is 27.2 Å². The van der Waals surface area contributed by atoms with Gasteiger partial charge in [0.25, 0.3) is 29.0 Å². The van der Waals surface area contributed by atoms with Crippen LogP contribution in [-0.2, 0) is 28.5 Å². The van der Waals surface area contributed by atoms with Crippen molar-refractivity contribution in [3.05, 3.63) is 55.8 Å². The minimum absolute atomic E-state index is 0.168. The van der Waals surface area contributed by atoms with Gasteiger partial charge in [-0.25, -0.2) is 13.6 Å². The predicted octanol–water partition coefficient (Wildman–Crippen LogP) is -1.15. The molecule has 2 aromatic rings. The number of aliphatic carboxylic acids is 1. The highest BCUT2D eigenvalue weighted by Crippen LogP contribution is 2.34. The lowest BCUT2D eigenvalue weighted by atomic mass is 9.88. The number of carboxylic acids is 1. The van der Waals surface area contributed by atoms with E-state index in [0.717, 1.165) is 12.1 Å². The van der Waals surface area contributed by atoms with E-state index in [1.54, 1.807) is 0 Å². The van der Waals surface area contributed by atoms with Crippen LogP contribution in [0.2, 0.25) is 0 Å². The average Bonchev–Trinajstić information content (AvgIpc) is 3.19. The van der Waals surface area contributed by atoms with Gasteiger partial charge in [0.2, 0.25) is 5.91 Å². The Hall–Kier alpha value is -4.59. The van der Waals surface area contributed by atoms with Gasteiger partial charge in [-0.05, 0) is 25.0 Å². The van der Waals surface area contributed by atoms with Crippen LogP contribution in [0.25, 0.3) is 0 Å². The zero-order valence-corrected chi connectivity index (χ0v) is 30.4. The third-order valence-corrected chi connectivity index (χ3v) is 8.70. The first-order valence-corrected chi connectivity index (χ1v) is 17.8. The summed E-state index contributed by atoms with van der Waals surface area (Å²) in [4.78, 5) is 61.1. The molecule has 56 heavy (non-hydrogen) atoms. The largest absolute Gasteiger partial charge is 0.477 e. The van der Waals surface area contributed by atoms with E-state index in [4.69, 9.17) is 25.4 Å². The molecule has 9 N–H and O–H groups in total. The highest BCUT2D eigenvalue weighted by atomic mass is 19.3. The molecule has 1 aliphatic rings. The molecule has 2 amide bonds. The fraction of sp³-hybridized carbons (Fsp3) is 0.583. The molecule has 20 heteroatoms.